The van der Waals surface area contributed by atoms with E-state index >= 15 is 0 Å². The van der Waals surface area contributed by atoms with Crippen molar-refractivity contribution >= 4 is 11.9 Å². The van der Waals surface area contributed by atoms with E-state index in [9.17, 15) is 14.7 Å². The highest BCUT2D eigenvalue weighted by atomic mass is 16.5. The smallest absolute Gasteiger partial charge is 0.335 e. The summed E-state index contributed by atoms with van der Waals surface area (Å²) in [6.07, 6.45) is 0.545. The maximum absolute atomic E-state index is 10.9. The zero-order valence-corrected chi connectivity index (χ0v) is 9.84. The monoisotopic (exact) mass is 254 g/mol. The second kappa shape index (κ2) is 5.90. The molecule has 6 nitrogen and oxygen atoms in total. The molecule has 0 spiro atoms. The Labute approximate surface area is 103 Å². The number of ether oxygens (including phenoxy) is 1. The number of carbonyl (C=O) groups is 2. The summed E-state index contributed by atoms with van der Waals surface area (Å²) in [7, 11) is 1.32. The van der Waals surface area contributed by atoms with Crippen molar-refractivity contribution in [2.24, 2.45) is 0 Å². The molecule has 0 aliphatic heterocycles. The highest BCUT2D eigenvalue weighted by molar-refractivity contribution is 5.89. The number of hydrogen-bond acceptors (Lipinski definition) is 4. The molecule has 0 unspecified atom stereocenters. The molecule has 6 heteroatoms. The molecule has 3 N–H and O–H groups in total. The number of carboxylic acids is 2. The van der Waals surface area contributed by atoms with Crippen LogP contribution in [0.2, 0.25) is 0 Å². The molecule has 0 bridgehead atoms. The maximum atomic E-state index is 10.9. The van der Waals surface area contributed by atoms with Crippen LogP contribution >= 0.6 is 0 Å². The van der Waals surface area contributed by atoms with Gasteiger partial charge in [-0.1, -0.05) is 0 Å². The summed E-state index contributed by atoms with van der Waals surface area (Å²) in [5, 5.41) is 27.2. The zero-order chi connectivity index (χ0) is 13.7. The van der Waals surface area contributed by atoms with Gasteiger partial charge >= 0.3 is 11.9 Å². The molecule has 0 heterocycles. The van der Waals surface area contributed by atoms with Gasteiger partial charge < -0.3 is 20.1 Å². The maximum Gasteiger partial charge on any atom is 0.335 e. The fraction of sp³-hybridized carbons (Fsp3) is 0.333. The van der Waals surface area contributed by atoms with Gasteiger partial charge in [-0.3, -0.25) is 4.79 Å². The Morgan fingerprint density at radius 3 is 2.44 bits per heavy atom. The van der Waals surface area contributed by atoms with E-state index in [4.69, 9.17) is 14.9 Å². The van der Waals surface area contributed by atoms with Crippen LogP contribution in [0.25, 0.3) is 0 Å². The normalized spacial score (nSPS) is 10.1. The zero-order valence-electron chi connectivity index (χ0n) is 9.84. The highest BCUT2D eigenvalue weighted by Gasteiger charge is 2.14. The minimum Gasteiger partial charge on any atom is -0.504 e. The number of aromatic carboxylic acids is 1. The SMILES string of the molecule is COc1cc(C(=O)O)cc(CCCC(=O)O)c1O. The number of rotatable bonds is 6. The van der Waals surface area contributed by atoms with E-state index in [1.54, 1.807) is 0 Å². The lowest BCUT2D eigenvalue weighted by molar-refractivity contribution is -0.137. The van der Waals surface area contributed by atoms with Gasteiger partial charge in [0.1, 0.15) is 0 Å². The van der Waals surface area contributed by atoms with Gasteiger partial charge in [0.25, 0.3) is 0 Å². The number of hydrogen-bond donors (Lipinski definition) is 3. The third-order valence-electron chi connectivity index (χ3n) is 2.46. The van der Waals surface area contributed by atoms with Crippen LogP contribution in [0.3, 0.4) is 0 Å². The topological polar surface area (TPSA) is 104 Å². The van der Waals surface area contributed by atoms with Gasteiger partial charge in [0.05, 0.1) is 12.7 Å². The molecular formula is C12H14O6. The van der Waals surface area contributed by atoms with Crippen LogP contribution in [0.5, 0.6) is 11.5 Å². The first-order valence-electron chi connectivity index (χ1n) is 5.30. The van der Waals surface area contributed by atoms with Crippen LogP contribution in [-0.2, 0) is 11.2 Å². The van der Waals surface area contributed by atoms with Gasteiger partial charge in [-0.15, -0.1) is 0 Å². The van der Waals surface area contributed by atoms with Gasteiger partial charge in [-0.05, 0) is 30.5 Å². The fourth-order valence-corrected chi connectivity index (χ4v) is 1.57. The summed E-state index contributed by atoms with van der Waals surface area (Å²) in [4.78, 5) is 21.3. The van der Waals surface area contributed by atoms with Crippen molar-refractivity contribution in [2.45, 2.75) is 19.3 Å². The number of carboxylic acid groups (broad SMARTS) is 2. The summed E-state index contributed by atoms with van der Waals surface area (Å²) in [6.45, 7) is 0. The number of aromatic hydroxyl groups is 1. The number of aliphatic carboxylic acids is 1. The Morgan fingerprint density at radius 1 is 1.28 bits per heavy atom. The lowest BCUT2D eigenvalue weighted by Gasteiger charge is -2.10. The van der Waals surface area contributed by atoms with E-state index in [1.807, 2.05) is 0 Å². The Bertz CT molecular complexity index is 466. The van der Waals surface area contributed by atoms with Crippen LogP contribution in [0.15, 0.2) is 12.1 Å². The molecule has 0 radical (unpaired) electrons. The van der Waals surface area contributed by atoms with Crippen molar-refractivity contribution < 1.29 is 29.6 Å². The van der Waals surface area contributed by atoms with E-state index in [-0.39, 0.29) is 29.9 Å². The lowest BCUT2D eigenvalue weighted by atomic mass is 10.0. The first-order valence-corrected chi connectivity index (χ1v) is 5.30. The number of phenols is 1. The Morgan fingerprint density at radius 2 is 1.94 bits per heavy atom. The molecule has 0 aliphatic rings. The largest absolute Gasteiger partial charge is 0.504 e. The van der Waals surface area contributed by atoms with E-state index in [2.05, 4.69) is 0 Å². The lowest BCUT2D eigenvalue weighted by Crippen LogP contribution is -2.01. The Hall–Kier alpha value is -2.24. The van der Waals surface area contributed by atoms with Crippen molar-refractivity contribution in [2.75, 3.05) is 7.11 Å². The van der Waals surface area contributed by atoms with Crippen LogP contribution in [0, 0.1) is 0 Å². The van der Waals surface area contributed by atoms with Gasteiger partial charge in [0.15, 0.2) is 11.5 Å². The van der Waals surface area contributed by atoms with E-state index in [0.29, 0.717) is 12.0 Å². The molecule has 0 saturated heterocycles. The minimum atomic E-state index is -1.13. The molecule has 0 aliphatic carbocycles. The molecular weight excluding hydrogens is 240 g/mol. The third kappa shape index (κ3) is 3.38. The second-order valence-electron chi connectivity index (χ2n) is 3.74. The average Bonchev–Trinajstić information content (AvgIpc) is 2.30. The predicted octanol–water partition coefficient (Wildman–Crippen LogP) is 1.51. The first kappa shape index (κ1) is 13.8. The molecule has 18 heavy (non-hydrogen) atoms. The molecule has 0 amide bonds. The number of phenolic OH excluding ortho intramolecular Hbond substituents is 1. The summed E-state index contributed by atoms with van der Waals surface area (Å²) in [5.74, 6) is -2.14. The van der Waals surface area contributed by atoms with Gasteiger partial charge in [0, 0.05) is 6.42 Å². The standard InChI is InChI=1S/C12H14O6/c1-18-9-6-8(12(16)17)5-7(11(9)15)3-2-4-10(13)14/h5-6,15H,2-4H2,1H3,(H,13,14)(H,16,17). The molecule has 0 fully saturated rings. The molecule has 1 aromatic carbocycles. The molecule has 1 aromatic rings. The van der Waals surface area contributed by atoms with Crippen LogP contribution in [0.4, 0.5) is 0 Å². The highest BCUT2D eigenvalue weighted by Crippen LogP contribution is 2.32. The minimum absolute atomic E-state index is 0.00465. The summed E-state index contributed by atoms with van der Waals surface area (Å²) in [5.41, 5.74) is 0.364. The summed E-state index contributed by atoms with van der Waals surface area (Å²) in [6, 6.07) is 2.54. The van der Waals surface area contributed by atoms with Gasteiger partial charge in [-0.2, -0.15) is 0 Å². The molecule has 0 saturated carbocycles. The van der Waals surface area contributed by atoms with Crippen molar-refractivity contribution in [3.8, 4) is 11.5 Å². The van der Waals surface area contributed by atoms with E-state index < -0.39 is 11.9 Å². The Kier molecular flexibility index (Phi) is 4.53. The van der Waals surface area contributed by atoms with Crippen molar-refractivity contribution in [1.82, 2.24) is 0 Å². The quantitative estimate of drug-likeness (QED) is 0.710. The van der Waals surface area contributed by atoms with Gasteiger partial charge in [-0.25, -0.2) is 4.79 Å². The number of benzene rings is 1. The summed E-state index contributed by atoms with van der Waals surface area (Å²) >= 11 is 0. The van der Waals surface area contributed by atoms with E-state index in [0.717, 1.165) is 0 Å². The third-order valence-corrected chi connectivity index (χ3v) is 2.46. The van der Waals surface area contributed by atoms with Crippen molar-refractivity contribution in [3.63, 3.8) is 0 Å². The summed E-state index contributed by atoms with van der Waals surface area (Å²) < 4.78 is 4.87. The van der Waals surface area contributed by atoms with Crippen molar-refractivity contribution in [1.29, 1.82) is 0 Å². The Balaban J connectivity index is 2.97. The average molecular weight is 254 g/mol. The first-order chi connectivity index (χ1) is 8.45. The molecule has 1 rings (SSSR count). The number of methoxy groups -OCH3 is 1. The van der Waals surface area contributed by atoms with Crippen LogP contribution in [0.1, 0.15) is 28.8 Å². The van der Waals surface area contributed by atoms with Crippen LogP contribution < -0.4 is 4.74 Å². The molecule has 0 aromatic heterocycles. The predicted molar refractivity (Wildman–Crippen MR) is 62.2 cm³/mol. The van der Waals surface area contributed by atoms with Gasteiger partial charge in [0.2, 0.25) is 0 Å². The molecule has 0 atom stereocenters. The fourth-order valence-electron chi connectivity index (χ4n) is 1.57. The second-order valence-corrected chi connectivity index (χ2v) is 3.74. The van der Waals surface area contributed by atoms with E-state index in [1.165, 1.54) is 19.2 Å². The van der Waals surface area contributed by atoms with Crippen molar-refractivity contribution in [3.05, 3.63) is 23.3 Å². The number of aryl methyl sites for hydroxylation is 1. The molecule has 98 valence electrons. The van der Waals surface area contributed by atoms with Crippen LogP contribution in [-0.4, -0.2) is 34.4 Å².